The molecule has 2 aromatic rings. The van der Waals surface area contributed by atoms with Gasteiger partial charge >= 0.3 is 0 Å². The van der Waals surface area contributed by atoms with Gasteiger partial charge in [0.25, 0.3) is 5.91 Å². The van der Waals surface area contributed by atoms with Gasteiger partial charge < -0.3 is 5.32 Å². The fourth-order valence-corrected chi connectivity index (χ4v) is 2.72. The van der Waals surface area contributed by atoms with Crippen LogP contribution in [0.3, 0.4) is 0 Å². The van der Waals surface area contributed by atoms with Crippen LogP contribution in [0.15, 0.2) is 18.2 Å². The minimum atomic E-state index is -0.215. The molecule has 1 amide bonds. The Kier molecular flexibility index (Phi) is 5.73. The lowest BCUT2D eigenvalue weighted by molar-refractivity contribution is 0.0952. The second kappa shape index (κ2) is 7.36. The van der Waals surface area contributed by atoms with Gasteiger partial charge in [-0.3, -0.25) is 9.48 Å². The van der Waals surface area contributed by atoms with E-state index in [1.807, 2.05) is 18.5 Å². The van der Waals surface area contributed by atoms with Crippen molar-refractivity contribution in [3.05, 3.63) is 50.2 Å². The first-order valence-electron chi connectivity index (χ1n) is 6.83. The maximum Gasteiger partial charge on any atom is 0.252 e. The third-order valence-corrected chi connectivity index (χ3v) is 4.40. The quantitative estimate of drug-likeness (QED) is 0.809. The van der Waals surface area contributed by atoms with Gasteiger partial charge in [-0.2, -0.15) is 5.10 Å². The van der Waals surface area contributed by atoms with Crippen LogP contribution in [0.25, 0.3) is 0 Å². The van der Waals surface area contributed by atoms with Gasteiger partial charge in [-0.1, -0.05) is 34.8 Å². The Hall–Kier alpha value is -1.23. The molecule has 0 aliphatic heterocycles. The van der Waals surface area contributed by atoms with Crippen LogP contribution in [-0.2, 0) is 6.54 Å². The van der Waals surface area contributed by atoms with Crippen LogP contribution in [0.1, 0.15) is 28.2 Å². The zero-order chi connectivity index (χ0) is 16.3. The van der Waals surface area contributed by atoms with Gasteiger partial charge in [0.05, 0.1) is 27.0 Å². The zero-order valence-corrected chi connectivity index (χ0v) is 14.6. The number of hydrogen-bond donors (Lipinski definition) is 1. The number of aromatic nitrogens is 2. The third kappa shape index (κ3) is 3.94. The molecule has 0 saturated heterocycles. The molecule has 0 bridgehead atoms. The molecule has 0 atom stereocenters. The van der Waals surface area contributed by atoms with Gasteiger partial charge in [-0.05, 0) is 38.5 Å². The van der Waals surface area contributed by atoms with Crippen LogP contribution < -0.4 is 5.32 Å². The van der Waals surface area contributed by atoms with E-state index in [1.165, 1.54) is 0 Å². The molecule has 0 saturated carbocycles. The zero-order valence-electron chi connectivity index (χ0n) is 12.3. The molecule has 0 fully saturated rings. The highest BCUT2D eigenvalue weighted by Gasteiger charge is 2.11. The van der Waals surface area contributed by atoms with Crippen LogP contribution in [0.5, 0.6) is 0 Å². The Morgan fingerprint density at radius 1 is 1.27 bits per heavy atom. The fraction of sp³-hybridized carbons (Fsp3) is 0.333. The summed E-state index contributed by atoms with van der Waals surface area (Å²) in [6.45, 7) is 5.01. The molecule has 0 aliphatic rings. The molecule has 0 unspecified atom stereocenters. The Morgan fingerprint density at radius 2 is 2.00 bits per heavy atom. The average Bonchev–Trinajstić information content (AvgIpc) is 2.70. The number of amides is 1. The van der Waals surface area contributed by atoms with E-state index in [9.17, 15) is 4.79 Å². The predicted octanol–water partition coefficient (Wildman–Crippen LogP) is 4.28. The van der Waals surface area contributed by atoms with Crippen molar-refractivity contribution >= 4 is 40.7 Å². The number of nitrogens with zero attached hydrogens (tertiary/aromatic N) is 2. The first kappa shape index (κ1) is 17.1. The predicted molar refractivity (Wildman–Crippen MR) is 90.1 cm³/mol. The Bertz CT molecular complexity index is 698. The summed E-state index contributed by atoms with van der Waals surface area (Å²) in [5.74, 6) is -0.215. The van der Waals surface area contributed by atoms with Crippen LogP contribution in [0, 0.1) is 13.8 Å². The first-order valence-corrected chi connectivity index (χ1v) is 7.96. The summed E-state index contributed by atoms with van der Waals surface area (Å²) in [6.07, 6.45) is 0.745. The van der Waals surface area contributed by atoms with Crippen molar-refractivity contribution in [3.8, 4) is 0 Å². The molecule has 1 N–H and O–H groups in total. The second-order valence-electron chi connectivity index (χ2n) is 4.94. The van der Waals surface area contributed by atoms with Gasteiger partial charge in [0.2, 0.25) is 0 Å². The van der Waals surface area contributed by atoms with Gasteiger partial charge in [0.1, 0.15) is 0 Å². The van der Waals surface area contributed by atoms with Crippen LogP contribution in [0.4, 0.5) is 0 Å². The van der Waals surface area contributed by atoms with Crippen molar-refractivity contribution in [2.75, 3.05) is 6.54 Å². The summed E-state index contributed by atoms with van der Waals surface area (Å²) in [6, 6.07) is 4.80. The van der Waals surface area contributed by atoms with E-state index in [1.54, 1.807) is 18.2 Å². The summed E-state index contributed by atoms with van der Waals surface area (Å²) in [5, 5.41) is 8.71. The SMILES string of the molecule is Cc1nn(CCCNC(=O)c2ccc(Cl)cc2Cl)c(C)c1Cl. The number of rotatable bonds is 5. The Labute approximate surface area is 144 Å². The van der Waals surface area contributed by atoms with Crippen LogP contribution >= 0.6 is 34.8 Å². The largest absolute Gasteiger partial charge is 0.352 e. The van der Waals surface area contributed by atoms with Crippen LogP contribution in [0.2, 0.25) is 15.1 Å². The molecule has 1 aromatic heterocycles. The third-order valence-electron chi connectivity index (χ3n) is 3.30. The lowest BCUT2D eigenvalue weighted by Gasteiger charge is -2.08. The van der Waals surface area contributed by atoms with Gasteiger partial charge in [0.15, 0.2) is 0 Å². The number of benzene rings is 1. The van der Waals surface area contributed by atoms with Crippen molar-refractivity contribution < 1.29 is 4.79 Å². The van der Waals surface area contributed by atoms with Crippen molar-refractivity contribution in [1.29, 1.82) is 0 Å². The van der Waals surface area contributed by atoms with E-state index < -0.39 is 0 Å². The minimum absolute atomic E-state index is 0.215. The molecule has 0 radical (unpaired) electrons. The molecule has 7 heteroatoms. The summed E-state index contributed by atoms with van der Waals surface area (Å²) >= 11 is 17.9. The van der Waals surface area contributed by atoms with E-state index in [4.69, 9.17) is 34.8 Å². The molecule has 22 heavy (non-hydrogen) atoms. The molecule has 2 rings (SSSR count). The highest BCUT2D eigenvalue weighted by molar-refractivity contribution is 6.36. The highest BCUT2D eigenvalue weighted by atomic mass is 35.5. The van der Waals surface area contributed by atoms with Crippen molar-refractivity contribution in [1.82, 2.24) is 15.1 Å². The first-order chi connectivity index (χ1) is 10.4. The molecule has 4 nitrogen and oxygen atoms in total. The molecular formula is C15H16Cl3N3O. The molecular weight excluding hydrogens is 345 g/mol. The number of aryl methyl sites for hydroxylation is 2. The van der Waals surface area contributed by atoms with E-state index in [0.29, 0.717) is 33.7 Å². The monoisotopic (exact) mass is 359 g/mol. The normalized spacial score (nSPS) is 10.8. The smallest absolute Gasteiger partial charge is 0.252 e. The molecule has 1 aromatic carbocycles. The summed E-state index contributed by atoms with van der Waals surface area (Å²) in [5.41, 5.74) is 2.17. The maximum atomic E-state index is 12.0. The fourth-order valence-electron chi connectivity index (χ4n) is 2.09. The topological polar surface area (TPSA) is 46.9 Å². The minimum Gasteiger partial charge on any atom is -0.352 e. The summed E-state index contributed by atoms with van der Waals surface area (Å²) in [7, 11) is 0. The standard InChI is InChI=1S/C15H16Cl3N3O/c1-9-14(18)10(2)21(20-9)7-3-6-19-15(22)12-5-4-11(16)8-13(12)17/h4-5,8H,3,6-7H2,1-2H3,(H,19,22). The summed E-state index contributed by atoms with van der Waals surface area (Å²) in [4.78, 5) is 12.0. The highest BCUT2D eigenvalue weighted by Crippen LogP contribution is 2.21. The Balaban J connectivity index is 1.86. The molecule has 1 heterocycles. The number of carbonyl (C=O) groups excluding carboxylic acids is 1. The number of halogens is 3. The van der Waals surface area contributed by atoms with Crippen molar-refractivity contribution in [2.45, 2.75) is 26.8 Å². The van der Waals surface area contributed by atoms with E-state index in [-0.39, 0.29) is 5.91 Å². The number of nitrogens with one attached hydrogen (secondary N) is 1. The number of hydrogen-bond acceptors (Lipinski definition) is 2. The van der Waals surface area contributed by atoms with E-state index >= 15 is 0 Å². The van der Waals surface area contributed by atoms with Crippen LogP contribution in [-0.4, -0.2) is 22.2 Å². The summed E-state index contributed by atoms with van der Waals surface area (Å²) < 4.78 is 1.85. The van der Waals surface area contributed by atoms with E-state index in [2.05, 4.69) is 10.4 Å². The van der Waals surface area contributed by atoms with E-state index in [0.717, 1.165) is 17.8 Å². The van der Waals surface area contributed by atoms with Gasteiger partial charge in [-0.25, -0.2) is 0 Å². The lowest BCUT2D eigenvalue weighted by Crippen LogP contribution is -2.25. The second-order valence-corrected chi connectivity index (χ2v) is 6.16. The Morgan fingerprint density at radius 3 is 2.59 bits per heavy atom. The van der Waals surface area contributed by atoms with Crippen molar-refractivity contribution in [3.63, 3.8) is 0 Å². The van der Waals surface area contributed by atoms with Gasteiger partial charge in [-0.15, -0.1) is 0 Å². The average molecular weight is 361 g/mol. The van der Waals surface area contributed by atoms with Gasteiger partial charge in [0, 0.05) is 18.1 Å². The molecule has 0 spiro atoms. The maximum absolute atomic E-state index is 12.0. The number of carbonyl (C=O) groups is 1. The van der Waals surface area contributed by atoms with Crippen molar-refractivity contribution in [2.24, 2.45) is 0 Å². The molecule has 0 aliphatic carbocycles. The lowest BCUT2D eigenvalue weighted by atomic mass is 10.2. The molecule has 118 valence electrons.